The van der Waals surface area contributed by atoms with Crippen LogP contribution in [0.3, 0.4) is 0 Å². The van der Waals surface area contributed by atoms with Crippen molar-refractivity contribution in [3.05, 3.63) is 75.3 Å². The van der Waals surface area contributed by atoms with Crippen LogP contribution in [0.2, 0.25) is 0 Å². The zero-order valence-corrected chi connectivity index (χ0v) is 24.4. The lowest BCUT2D eigenvalue weighted by molar-refractivity contribution is -0.106. The third-order valence-electron chi connectivity index (χ3n) is 7.46. The summed E-state index contributed by atoms with van der Waals surface area (Å²) in [5.74, 6) is -1.05. The number of amides is 2. The number of carbonyl (C=O) groups excluding carboxylic acids is 2. The van der Waals surface area contributed by atoms with E-state index in [1.807, 2.05) is 43.0 Å². The molecular weight excluding hydrogens is 525 g/mol. The number of hydrogen-bond acceptors (Lipinski definition) is 6. The first-order valence-corrected chi connectivity index (χ1v) is 13.9. The van der Waals surface area contributed by atoms with Gasteiger partial charge in [0.2, 0.25) is 6.41 Å². The van der Waals surface area contributed by atoms with Crippen LogP contribution in [0.25, 0.3) is 0 Å². The van der Waals surface area contributed by atoms with Gasteiger partial charge in [0, 0.05) is 50.2 Å². The monoisotopic (exact) mass is 563 g/mol. The van der Waals surface area contributed by atoms with Crippen LogP contribution >= 0.6 is 0 Å². The fourth-order valence-corrected chi connectivity index (χ4v) is 4.99. The second kappa shape index (κ2) is 12.1. The topological polar surface area (TPSA) is 98.1 Å². The SMILES string of the molecule is CC.Cc1ccc(N(C=O)c2c(C(=O)N(C)C3CC3)c(Nc3cccc(N4CC(O)C4)c3)c(C)c(=O)n2C)c(F)c1. The van der Waals surface area contributed by atoms with Gasteiger partial charge in [-0.2, -0.15) is 0 Å². The van der Waals surface area contributed by atoms with Gasteiger partial charge in [-0.1, -0.05) is 26.0 Å². The highest BCUT2D eigenvalue weighted by Crippen LogP contribution is 2.38. The molecule has 1 saturated heterocycles. The van der Waals surface area contributed by atoms with Crippen molar-refractivity contribution in [1.82, 2.24) is 9.47 Å². The van der Waals surface area contributed by atoms with Crippen LogP contribution in [0.4, 0.5) is 33.0 Å². The van der Waals surface area contributed by atoms with Gasteiger partial charge in [0.1, 0.15) is 17.2 Å². The van der Waals surface area contributed by atoms with Crippen LogP contribution < -0.4 is 20.7 Å². The first-order valence-electron chi connectivity index (χ1n) is 13.9. The molecule has 2 aromatic carbocycles. The Hall–Kier alpha value is -4.18. The molecule has 0 atom stereocenters. The number of β-amino-alcohol motifs (C(OH)–C–C–N with tert-alkyl or cyclic N) is 1. The molecule has 218 valence electrons. The molecule has 9 nitrogen and oxygen atoms in total. The van der Waals surface area contributed by atoms with Crippen LogP contribution in [0.15, 0.2) is 47.3 Å². The minimum absolute atomic E-state index is 0.0228. The van der Waals surface area contributed by atoms with Crippen molar-refractivity contribution in [2.45, 2.75) is 52.7 Å². The third-order valence-corrected chi connectivity index (χ3v) is 7.46. The van der Waals surface area contributed by atoms with Crippen molar-refractivity contribution < 1.29 is 19.1 Å². The lowest BCUT2D eigenvalue weighted by Crippen LogP contribution is -2.50. The average Bonchev–Trinajstić information content (AvgIpc) is 3.80. The quantitative estimate of drug-likeness (QED) is 0.388. The van der Waals surface area contributed by atoms with E-state index in [0.717, 1.165) is 23.4 Å². The number of aromatic nitrogens is 1. The average molecular weight is 564 g/mol. The Kier molecular flexibility index (Phi) is 8.82. The molecule has 1 aliphatic heterocycles. The van der Waals surface area contributed by atoms with E-state index in [1.54, 1.807) is 31.9 Å². The largest absolute Gasteiger partial charge is 0.389 e. The Labute approximate surface area is 239 Å². The molecule has 2 N–H and O–H groups in total. The molecule has 2 amide bonds. The lowest BCUT2D eigenvalue weighted by atomic mass is 10.1. The molecule has 2 fully saturated rings. The van der Waals surface area contributed by atoms with Gasteiger partial charge in [-0.25, -0.2) is 4.39 Å². The molecule has 0 radical (unpaired) electrons. The molecule has 5 rings (SSSR count). The first kappa shape index (κ1) is 29.8. The number of benzene rings is 2. The molecule has 2 heterocycles. The third kappa shape index (κ3) is 5.83. The van der Waals surface area contributed by atoms with Crippen LogP contribution in [-0.4, -0.2) is 59.2 Å². The van der Waals surface area contributed by atoms with E-state index in [-0.39, 0.29) is 46.4 Å². The maximum absolute atomic E-state index is 15.1. The van der Waals surface area contributed by atoms with Gasteiger partial charge in [-0.15, -0.1) is 0 Å². The van der Waals surface area contributed by atoms with Crippen molar-refractivity contribution in [2.24, 2.45) is 7.05 Å². The lowest BCUT2D eigenvalue weighted by Gasteiger charge is -2.38. The molecule has 0 unspecified atom stereocenters. The van der Waals surface area contributed by atoms with E-state index in [1.165, 1.54) is 23.7 Å². The van der Waals surface area contributed by atoms with E-state index in [0.29, 0.717) is 30.8 Å². The van der Waals surface area contributed by atoms with Gasteiger partial charge in [0.15, 0.2) is 0 Å². The number of carbonyl (C=O) groups is 2. The molecule has 1 aliphatic carbocycles. The van der Waals surface area contributed by atoms with Crippen molar-refractivity contribution in [3.63, 3.8) is 0 Å². The summed E-state index contributed by atoms with van der Waals surface area (Å²) in [4.78, 5) is 44.7. The minimum atomic E-state index is -0.650. The Bertz CT molecular complexity index is 1510. The zero-order valence-electron chi connectivity index (χ0n) is 24.4. The summed E-state index contributed by atoms with van der Waals surface area (Å²) >= 11 is 0. The zero-order chi connectivity index (χ0) is 30.0. The molecular formula is C31H38FN5O4. The standard InChI is InChI=1S/C29H32FN5O4.C2H6/c1-17-8-11-24(23(30)12-17)35(16-36)27-25(29(39)32(3)20-9-10-20)26(18(2)28(38)33(27)4)31-19-6-5-7-21(13-19)34-14-22(37)15-34;1-2/h5-8,11-13,16,20,22,31,37H,9-10,14-15H2,1-4H3;1-2H3. The number of rotatable bonds is 8. The smallest absolute Gasteiger partial charge is 0.259 e. The highest BCUT2D eigenvalue weighted by Gasteiger charge is 2.36. The Morgan fingerprint density at radius 2 is 1.80 bits per heavy atom. The number of hydrogen-bond donors (Lipinski definition) is 2. The maximum atomic E-state index is 15.1. The van der Waals surface area contributed by atoms with Crippen molar-refractivity contribution in [1.29, 1.82) is 0 Å². The number of aliphatic hydroxyl groups is 1. The minimum Gasteiger partial charge on any atom is -0.389 e. The molecule has 0 bridgehead atoms. The van der Waals surface area contributed by atoms with Gasteiger partial charge in [-0.3, -0.25) is 23.9 Å². The summed E-state index contributed by atoms with van der Waals surface area (Å²) in [5, 5.41) is 13.0. The number of aliphatic hydroxyl groups excluding tert-OH is 1. The highest BCUT2D eigenvalue weighted by molar-refractivity contribution is 6.08. The maximum Gasteiger partial charge on any atom is 0.259 e. The number of pyridine rings is 1. The van der Waals surface area contributed by atoms with Gasteiger partial charge < -0.3 is 20.2 Å². The summed E-state index contributed by atoms with van der Waals surface area (Å²) in [5.41, 5.74) is 2.31. The number of anilines is 5. The second-order valence-electron chi connectivity index (χ2n) is 10.4. The van der Waals surface area contributed by atoms with Crippen molar-refractivity contribution >= 4 is 40.9 Å². The predicted molar refractivity (Wildman–Crippen MR) is 160 cm³/mol. The molecule has 3 aromatic rings. The number of nitrogens with one attached hydrogen (secondary N) is 1. The summed E-state index contributed by atoms with van der Waals surface area (Å²) in [7, 11) is 3.17. The number of halogens is 1. The molecule has 41 heavy (non-hydrogen) atoms. The van der Waals surface area contributed by atoms with Gasteiger partial charge in [0.25, 0.3) is 11.5 Å². The van der Waals surface area contributed by atoms with Crippen LogP contribution in [0, 0.1) is 19.7 Å². The van der Waals surface area contributed by atoms with Crippen molar-refractivity contribution in [2.75, 3.05) is 35.3 Å². The first-order chi connectivity index (χ1) is 19.6. The summed E-state index contributed by atoms with van der Waals surface area (Å²) in [6.07, 6.45) is 1.77. The highest BCUT2D eigenvalue weighted by atomic mass is 19.1. The van der Waals surface area contributed by atoms with Gasteiger partial charge in [0.05, 0.1) is 17.5 Å². The van der Waals surface area contributed by atoms with Crippen LogP contribution in [0.5, 0.6) is 0 Å². The molecule has 2 aliphatic rings. The Morgan fingerprint density at radius 3 is 2.39 bits per heavy atom. The summed E-state index contributed by atoms with van der Waals surface area (Å²) in [6.45, 7) is 8.39. The van der Waals surface area contributed by atoms with E-state index >= 15 is 4.39 Å². The molecule has 1 saturated carbocycles. The summed E-state index contributed by atoms with van der Waals surface area (Å²) < 4.78 is 16.3. The predicted octanol–water partition coefficient (Wildman–Crippen LogP) is 4.62. The second-order valence-corrected chi connectivity index (χ2v) is 10.4. The number of nitrogens with zero attached hydrogens (tertiary/aromatic N) is 4. The Morgan fingerprint density at radius 1 is 1.12 bits per heavy atom. The van der Waals surface area contributed by atoms with Gasteiger partial charge >= 0.3 is 0 Å². The van der Waals surface area contributed by atoms with E-state index < -0.39 is 11.4 Å². The molecule has 1 aromatic heterocycles. The normalized spacial score (nSPS) is 14.5. The van der Waals surface area contributed by atoms with Gasteiger partial charge in [-0.05, 0) is 62.6 Å². The molecule has 0 spiro atoms. The fraction of sp³-hybridized carbons (Fsp3) is 0.387. The molecule has 10 heteroatoms. The van der Waals surface area contributed by atoms with Crippen molar-refractivity contribution in [3.8, 4) is 0 Å². The van der Waals surface area contributed by atoms with Crippen LogP contribution in [0.1, 0.15) is 48.2 Å². The fourth-order valence-electron chi connectivity index (χ4n) is 4.99. The van der Waals surface area contributed by atoms with Crippen LogP contribution in [-0.2, 0) is 11.8 Å². The number of aryl methyl sites for hydroxylation is 1. The Balaban J connectivity index is 0.00000189. The summed E-state index contributed by atoms with van der Waals surface area (Å²) in [6, 6.07) is 11.9. The van der Waals surface area contributed by atoms with E-state index in [9.17, 15) is 19.5 Å². The van der Waals surface area contributed by atoms with E-state index in [2.05, 4.69) is 5.32 Å². The van der Waals surface area contributed by atoms with E-state index in [4.69, 9.17) is 0 Å².